The standard InChI is InChI=1S/C15H14BN3O6/c20-13(5-4-10-7-24-8-17-10)18-12-6-9-2-1-3-11(15(21)22)14(9)25-16(12)19-23/h1-3,7-8,12H,4-6H2,(H,18,20)(H,21,22)/t12-/m0/s1. The molecule has 1 aliphatic rings. The van der Waals surface area contributed by atoms with Gasteiger partial charge in [-0.15, -0.1) is 0 Å². The molecule has 0 radical (unpaired) electrons. The average molecular weight is 343 g/mol. The van der Waals surface area contributed by atoms with Crippen LogP contribution < -0.4 is 9.97 Å². The monoisotopic (exact) mass is 343 g/mol. The van der Waals surface area contributed by atoms with Gasteiger partial charge >= 0.3 is 13.0 Å². The number of rotatable bonds is 6. The van der Waals surface area contributed by atoms with Crippen molar-refractivity contribution in [3.8, 4) is 5.75 Å². The molecular weight excluding hydrogens is 329 g/mol. The third kappa shape index (κ3) is 3.68. The van der Waals surface area contributed by atoms with Crippen LogP contribution in [0.4, 0.5) is 0 Å². The summed E-state index contributed by atoms with van der Waals surface area (Å²) in [5.41, 5.74) is 1.21. The van der Waals surface area contributed by atoms with E-state index in [-0.39, 0.29) is 30.1 Å². The van der Waals surface area contributed by atoms with E-state index in [1.54, 1.807) is 12.1 Å². The summed E-state index contributed by atoms with van der Waals surface area (Å²) in [6.07, 6.45) is 3.55. The fraction of sp³-hybridized carbons (Fsp3) is 0.267. The van der Waals surface area contributed by atoms with Crippen molar-refractivity contribution in [2.24, 2.45) is 5.09 Å². The minimum absolute atomic E-state index is 0.0399. The highest BCUT2D eigenvalue weighted by atomic mass is 16.5. The lowest BCUT2D eigenvalue weighted by molar-refractivity contribution is -0.121. The number of hydrogen-bond donors (Lipinski definition) is 2. The minimum Gasteiger partial charge on any atom is -0.536 e. The number of nitrogens with zero attached hydrogens (tertiary/aromatic N) is 2. The molecule has 1 aliphatic heterocycles. The summed E-state index contributed by atoms with van der Waals surface area (Å²) in [5, 5.41) is 14.8. The van der Waals surface area contributed by atoms with Gasteiger partial charge in [-0.25, -0.2) is 9.78 Å². The van der Waals surface area contributed by atoms with Crippen molar-refractivity contribution in [1.29, 1.82) is 0 Å². The molecule has 0 saturated carbocycles. The van der Waals surface area contributed by atoms with Crippen LogP contribution in [0, 0.1) is 4.91 Å². The van der Waals surface area contributed by atoms with Gasteiger partial charge in [0, 0.05) is 12.8 Å². The number of oxazole rings is 1. The van der Waals surface area contributed by atoms with Crippen molar-refractivity contribution in [1.82, 2.24) is 10.3 Å². The Morgan fingerprint density at radius 3 is 2.96 bits per heavy atom. The maximum atomic E-state index is 12.1. The van der Waals surface area contributed by atoms with Crippen LogP contribution in [0.2, 0.25) is 0 Å². The van der Waals surface area contributed by atoms with Gasteiger partial charge in [0.25, 0.3) is 0 Å². The van der Waals surface area contributed by atoms with E-state index in [1.807, 2.05) is 0 Å². The average Bonchev–Trinajstić information content (AvgIpc) is 3.12. The second-order valence-corrected chi connectivity index (χ2v) is 5.57. The van der Waals surface area contributed by atoms with E-state index >= 15 is 0 Å². The van der Waals surface area contributed by atoms with E-state index < -0.39 is 19.0 Å². The number of amides is 1. The van der Waals surface area contributed by atoms with E-state index in [2.05, 4.69) is 15.4 Å². The van der Waals surface area contributed by atoms with Crippen molar-refractivity contribution in [2.45, 2.75) is 25.2 Å². The normalized spacial score (nSPS) is 15.8. The molecule has 2 aromatic rings. The van der Waals surface area contributed by atoms with Crippen LogP contribution in [-0.4, -0.2) is 35.0 Å². The SMILES string of the molecule is O=NB1Oc2c(cccc2C(=O)O)C[C@@H]1NC(=O)CCc1cocn1. The molecule has 3 rings (SSSR count). The van der Waals surface area contributed by atoms with E-state index in [0.29, 0.717) is 17.7 Å². The quantitative estimate of drug-likeness (QED) is 0.595. The number of para-hydroxylation sites is 1. The van der Waals surface area contributed by atoms with E-state index in [4.69, 9.17) is 9.07 Å². The van der Waals surface area contributed by atoms with Crippen molar-refractivity contribution in [2.75, 3.05) is 0 Å². The molecule has 0 unspecified atom stereocenters. The van der Waals surface area contributed by atoms with Gasteiger partial charge in [-0.2, -0.15) is 4.91 Å². The number of carbonyl (C=O) groups excluding carboxylic acids is 1. The second-order valence-electron chi connectivity index (χ2n) is 5.57. The fourth-order valence-electron chi connectivity index (χ4n) is 2.69. The molecule has 0 fully saturated rings. The minimum atomic E-state index is -1.19. The number of carbonyl (C=O) groups is 2. The molecule has 0 bridgehead atoms. The fourth-order valence-corrected chi connectivity index (χ4v) is 2.69. The highest BCUT2D eigenvalue weighted by Gasteiger charge is 2.40. The Hall–Kier alpha value is -3.17. The zero-order chi connectivity index (χ0) is 17.8. The van der Waals surface area contributed by atoms with Gasteiger partial charge in [-0.1, -0.05) is 17.2 Å². The first-order valence-corrected chi connectivity index (χ1v) is 7.59. The first-order chi connectivity index (χ1) is 12.1. The van der Waals surface area contributed by atoms with Gasteiger partial charge < -0.3 is 19.5 Å². The lowest BCUT2D eigenvalue weighted by Crippen LogP contribution is -2.52. The van der Waals surface area contributed by atoms with Gasteiger partial charge in [0.2, 0.25) is 5.91 Å². The van der Waals surface area contributed by atoms with Crippen molar-refractivity contribution in [3.63, 3.8) is 0 Å². The third-order valence-corrected chi connectivity index (χ3v) is 3.89. The Bertz CT molecular complexity index is 795. The molecule has 1 atom stereocenters. The van der Waals surface area contributed by atoms with Crippen LogP contribution in [0.15, 0.2) is 40.4 Å². The van der Waals surface area contributed by atoms with E-state index in [9.17, 15) is 19.6 Å². The summed E-state index contributed by atoms with van der Waals surface area (Å²) in [7, 11) is -1.19. The number of nitrogens with one attached hydrogen (secondary N) is 1. The molecule has 9 nitrogen and oxygen atoms in total. The van der Waals surface area contributed by atoms with Crippen molar-refractivity contribution >= 4 is 18.9 Å². The summed E-state index contributed by atoms with van der Waals surface area (Å²) in [4.78, 5) is 38.4. The zero-order valence-corrected chi connectivity index (χ0v) is 13.0. The molecule has 1 aromatic carbocycles. The molecule has 2 N–H and O–H groups in total. The van der Waals surface area contributed by atoms with Crippen LogP contribution in [0.3, 0.4) is 0 Å². The molecule has 0 spiro atoms. The molecule has 2 heterocycles. The van der Waals surface area contributed by atoms with Crippen LogP contribution in [-0.2, 0) is 17.6 Å². The summed E-state index contributed by atoms with van der Waals surface area (Å²) < 4.78 is 10.3. The lowest BCUT2D eigenvalue weighted by Gasteiger charge is -2.28. The van der Waals surface area contributed by atoms with Crippen LogP contribution in [0.25, 0.3) is 0 Å². The zero-order valence-electron chi connectivity index (χ0n) is 13.0. The molecular formula is C15H14BN3O6. The van der Waals surface area contributed by atoms with E-state index in [0.717, 1.165) is 0 Å². The molecule has 10 heteroatoms. The molecule has 25 heavy (non-hydrogen) atoms. The summed E-state index contributed by atoms with van der Waals surface area (Å²) in [6, 6.07) is 4.67. The maximum Gasteiger partial charge on any atom is 0.570 e. The van der Waals surface area contributed by atoms with Crippen LogP contribution in [0.1, 0.15) is 28.0 Å². The molecule has 128 valence electrons. The van der Waals surface area contributed by atoms with Gasteiger partial charge in [0.15, 0.2) is 6.39 Å². The Morgan fingerprint density at radius 2 is 2.28 bits per heavy atom. The Balaban J connectivity index is 1.69. The number of carboxylic acid groups (broad SMARTS) is 1. The Kier molecular flexibility index (Phi) is 4.78. The van der Waals surface area contributed by atoms with Gasteiger partial charge in [0.1, 0.15) is 12.0 Å². The number of benzene rings is 1. The smallest absolute Gasteiger partial charge is 0.536 e. The highest BCUT2D eigenvalue weighted by molar-refractivity contribution is 6.53. The number of nitroso groups, excluding NO2 is 1. The first-order valence-electron chi connectivity index (χ1n) is 7.59. The third-order valence-electron chi connectivity index (χ3n) is 3.89. The molecule has 0 aliphatic carbocycles. The van der Waals surface area contributed by atoms with Gasteiger partial charge in [0.05, 0.1) is 17.2 Å². The number of hydrogen-bond acceptors (Lipinski definition) is 7. The van der Waals surface area contributed by atoms with Gasteiger partial charge in [-0.3, -0.25) is 4.79 Å². The number of fused-ring (bicyclic) bond motifs is 1. The number of aromatic carboxylic acids is 1. The first kappa shape index (κ1) is 16.7. The molecule has 1 aromatic heterocycles. The number of aromatic nitrogens is 1. The maximum absolute atomic E-state index is 12.1. The summed E-state index contributed by atoms with van der Waals surface area (Å²) in [6.45, 7) is 0. The van der Waals surface area contributed by atoms with Crippen LogP contribution >= 0.6 is 0 Å². The molecule has 1 amide bonds. The van der Waals surface area contributed by atoms with E-state index in [1.165, 1.54) is 18.7 Å². The second kappa shape index (κ2) is 7.16. The van der Waals surface area contributed by atoms with Crippen LogP contribution in [0.5, 0.6) is 5.75 Å². The highest BCUT2D eigenvalue weighted by Crippen LogP contribution is 2.30. The molecule has 0 saturated heterocycles. The summed E-state index contributed by atoms with van der Waals surface area (Å²) in [5.74, 6) is -1.99. The summed E-state index contributed by atoms with van der Waals surface area (Å²) >= 11 is 0. The largest absolute Gasteiger partial charge is 0.570 e. The predicted molar refractivity (Wildman–Crippen MR) is 86.0 cm³/mol. The Labute approximate surface area is 142 Å². The van der Waals surface area contributed by atoms with Crippen molar-refractivity contribution < 1.29 is 23.8 Å². The van der Waals surface area contributed by atoms with Crippen molar-refractivity contribution in [3.05, 3.63) is 52.6 Å². The Morgan fingerprint density at radius 1 is 1.44 bits per heavy atom. The lowest BCUT2D eigenvalue weighted by atomic mass is 9.68. The number of carboxylic acids is 1. The topological polar surface area (TPSA) is 131 Å². The predicted octanol–water partition coefficient (Wildman–Crippen LogP) is 1.22. The number of aryl methyl sites for hydroxylation is 1. The van der Waals surface area contributed by atoms with Gasteiger partial charge in [-0.05, 0) is 18.1 Å².